The van der Waals surface area contributed by atoms with Crippen LogP contribution in [0, 0.1) is 6.92 Å². The van der Waals surface area contributed by atoms with Crippen LogP contribution in [0.3, 0.4) is 0 Å². The molecule has 0 bridgehead atoms. The highest BCUT2D eigenvalue weighted by Gasteiger charge is 2.14. The maximum absolute atomic E-state index is 10.5. The zero-order chi connectivity index (χ0) is 18.5. The summed E-state index contributed by atoms with van der Waals surface area (Å²) in [4.78, 5) is 0. The summed E-state index contributed by atoms with van der Waals surface area (Å²) in [6, 6.07) is 2.10. The lowest BCUT2D eigenvalue weighted by Gasteiger charge is -2.18. The number of benzene rings is 1. The second-order valence-electron chi connectivity index (χ2n) is 7.72. The van der Waals surface area contributed by atoms with E-state index in [0.717, 1.165) is 19.3 Å². The molecule has 0 atom stereocenters. The molecule has 0 unspecified atom stereocenters. The van der Waals surface area contributed by atoms with Crippen LogP contribution in [-0.2, 0) is 19.3 Å². The minimum Gasteiger partial charge on any atom is -0.508 e. The second kappa shape index (κ2) is 13.3. The van der Waals surface area contributed by atoms with Gasteiger partial charge in [0.2, 0.25) is 0 Å². The Bertz CT molecular complexity index is 475. The highest BCUT2D eigenvalue weighted by atomic mass is 16.3. The molecule has 25 heavy (non-hydrogen) atoms. The SMILES string of the molecule is CCCCCCCc1cc(O)c(CCC)c(C)c1CCCCCCC. The summed E-state index contributed by atoms with van der Waals surface area (Å²) >= 11 is 0. The van der Waals surface area contributed by atoms with Gasteiger partial charge in [-0.25, -0.2) is 0 Å². The van der Waals surface area contributed by atoms with Crippen molar-refractivity contribution in [3.8, 4) is 5.75 Å². The normalized spacial score (nSPS) is 11.2. The lowest BCUT2D eigenvalue weighted by atomic mass is 9.88. The molecule has 0 amide bonds. The summed E-state index contributed by atoms with van der Waals surface area (Å²) < 4.78 is 0. The molecule has 1 aromatic carbocycles. The predicted molar refractivity (Wildman–Crippen MR) is 112 cm³/mol. The molecule has 0 saturated carbocycles. The number of aryl methyl sites for hydroxylation is 1. The van der Waals surface area contributed by atoms with Gasteiger partial charge in [0.15, 0.2) is 0 Å². The summed E-state index contributed by atoms with van der Waals surface area (Å²) in [6.45, 7) is 8.99. The van der Waals surface area contributed by atoms with Crippen molar-refractivity contribution in [3.63, 3.8) is 0 Å². The van der Waals surface area contributed by atoms with Gasteiger partial charge in [0.05, 0.1) is 0 Å². The number of hydrogen-bond donors (Lipinski definition) is 1. The molecule has 1 N–H and O–H groups in total. The smallest absolute Gasteiger partial charge is 0.119 e. The van der Waals surface area contributed by atoms with E-state index in [1.807, 2.05) is 0 Å². The van der Waals surface area contributed by atoms with Gasteiger partial charge in [-0.1, -0.05) is 78.6 Å². The molecule has 1 rings (SSSR count). The van der Waals surface area contributed by atoms with Crippen molar-refractivity contribution in [2.24, 2.45) is 0 Å². The molecule has 1 heteroatoms. The third kappa shape index (κ3) is 7.84. The van der Waals surface area contributed by atoms with Crippen LogP contribution in [0.25, 0.3) is 0 Å². The minimum absolute atomic E-state index is 0.539. The van der Waals surface area contributed by atoms with E-state index < -0.39 is 0 Å². The van der Waals surface area contributed by atoms with Gasteiger partial charge in [-0.2, -0.15) is 0 Å². The Morgan fingerprint density at radius 1 is 0.640 bits per heavy atom. The van der Waals surface area contributed by atoms with Gasteiger partial charge in [-0.15, -0.1) is 0 Å². The molecule has 0 heterocycles. The Kier molecular flexibility index (Phi) is 11.7. The predicted octanol–water partition coefficient (Wildman–Crippen LogP) is 7.68. The molecule has 0 aliphatic heterocycles. The first-order valence-corrected chi connectivity index (χ1v) is 11.0. The number of aromatic hydroxyl groups is 1. The first kappa shape index (κ1) is 22.1. The summed E-state index contributed by atoms with van der Waals surface area (Å²) in [5, 5.41) is 10.5. The zero-order valence-electron chi connectivity index (χ0n) is 17.4. The van der Waals surface area contributed by atoms with E-state index in [0.29, 0.717) is 5.75 Å². The van der Waals surface area contributed by atoms with Crippen molar-refractivity contribution in [1.29, 1.82) is 0 Å². The van der Waals surface area contributed by atoms with Gasteiger partial charge in [0.1, 0.15) is 5.75 Å². The van der Waals surface area contributed by atoms with Crippen molar-refractivity contribution in [1.82, 2.24) is 0 Å². The summed E-state index contributed by atoms with van der Waals surface area (Å²) in [7, 11) is 0. The maximum atomic E-state index is 10.5. The molecule has 0 saturated heterocycles. The number of phenols is 1. The molecule has 0 aliphatic carbocycles. The van der Waals surface area contributed by atoms with E-state index in [1.54, 1.807) is 5.56 Å². The molecule has 1 aromatic rings. The largest absolute Gasteiger partial charge is 0.508 e. The van der Waals surface area contributed by atoms with Gasteiger partial charge < -0.3 is 5.11 Å². The topological polar surface area (TPSA) is 20.2 Å². The van der Waals surface area contributed by atoms with Gasteiger partial charge in [-0.05, 0) is 67.3 Å². The number of hydrogen-bond acceptors (Lipinski definition) is 1. The summed E-state index contributed by atoms with van der Waals surface area (Å²) in [5.41, 5.74) is 5.54. The average Bonchev–Trinajstić information content (AvgIpc) is 2.60. The van der Waals surface area contributed by atoms with Crippen molar-refractivity contribution in [2.75, 3.05) is 0 Å². The highest BCUT2D eigenvalue weighted by molar-refractivity contribution is 5.49. The molecule has 144 valence electrons. The second-order valence-corrected chi connectivity index (χ2v) is 7.72. The Balaban J connectivity index is 2.80. The molecule has 0 fully saturated rings. The van der Waals surface area contributed by atoms with Crippen molar-refractivity contribution in [3.05, 3.63) is 28.3 Å². The van der Waals surface area contributed by atoms with E-state index in [4.69, 9.17) is 0 Å². The molecule has 0 aliphatic rings. The van der Waals surface area contributed by atoms with E-state index in [2.05, 4.69) is 33.8 Å². The van der Waals surface area contributed by atoms with Gasteiger partial charge >= 0.3 is 0 Å². The van der Waals surface area contributed by atoms with Gasteiger partial charge in [0, 0.05) is 0 Å². The Labute approximate surface area is 157 Å². The van der Waals surface area contributed by atoms with Gasteiger partial charge in [-0.3, -0.25) is 0 Å². The first-order valence-electron chi connectivity index (χ1n) is 11.0. The third-order valence-electron chi connectivity index (χ3n) is 5.49. The Hall–Kier alpha value is -0.980. The fraction of sp³-hybridized carbons (Fsp3) is 0.750. The number of phenolic OH excluding ortho intramolecular Hbond substituents is 1. The zero-order valence-corrected chi connectivity index (χ0v) is 17.4. The number of rotatable bonds is 14. The van der Waals surface area contributed by atoms with Crippen LogP contribution in [0.15, 0.2) is 6.07 Å². The molecule has 1 nitrogen and oxygen atoms in total. The standard InChI is InChI=1S/C24H42O/c1-5-8-10-12-14-17-21-19-24(25)23(16-7-3)20(4)22(21)18-15-13-11-9-6-2/h19,25H,5-18H2,1-4H3. The quantitative estimate of drug-likeness (QED) is 0.342. The van der Waals surface area contributed by atoms with Crippen molar-refractivity contribution >= 4 is 0 Å². The average molecular weight is 347 g/mol. The van der Waals surface area contributed by atoms with E-state index in [9.17, 15) is 5.11 Å². The van der Waals surface area contributed by atoms with Gasteiger partial charge in [0.25, 0.3) is 0 Å². The summed E-state index contributed by atoms with van der Waals surface area (Å²) in [6.07, 6.45) is 17.7. The van der Waals surface area contributed by atoms with Crippen LogP contribution in [0.4, 0.5) is 0 Å². The summed E-state index contributed by atoms with van der Waals surface area (Å²) in [5.74, 6) is 0.539. The molecule has 0 aromatic heterocycles. The Morgan fingerprint density at radius 3 is 1.76 bits per heavy atom. The first-order chi connectivity index (χ1) is 12.2. The maximum Gasteiger partial charge on any atom is 0.119 e. The van der Waals surface area contributed by atoms with Crippen molar-refractivity contribution < 1.29 is 5.11 Å². The molecule has 0 spiro atoms. The Morgan fingerprint density at radius 2 is 1.20 bits per heavy atom. The fourth-order valence-electron chi connectivity index (χ4n) is 3.92. The molecular formula is C24H42O. The van der Waals surface area contributed by atoms with Crippen LogP contribution in [0.2, 0.25) is 0 Å². The monoisotopic (exact) mass is 346 g/mol. The van der Waals surface area contributed by atoms with E-state index >= 15 is 0 Å². The van der Waals surface area contributed by atoms with Crippen molar-refractivity contribution in [2.45, 2.75) is 118 Å². The van der Waals surface area contributed by atoms with E-state index in [1.165, 1.54) is 87.3 Å². The highest BCUT2D eigenvalue weighted by Crippen LogP contribution is 2.31. The van der Waals surface area contributed by atoms with Crippen LogP contribution >= 0.6 is 0 Å². The molecular weight excluding hydrogens is 304 g/mol. The van der Waals surface area contributed by atoms with Crippen LogP contribution in [0.5, 0.6) is 5.75 Å². The molecule has 0 radical (unpaired) electrons. The fourth-order valence-corrected chi connectivity index (χ4v) is 3.92. The number of unbranched alkanes of at least 4 members (excludes halogenated alkanes) is 8. The minimum atomic E-state index is 0.539. The third-order valence-corrected chi connectivity index (χ3v) is 5.49. The van der Waals surface area contributed by atoms with Crippen LogP contribution < -0.4 is 0 Å². The van der Waals surface area contributed by atoms with Crippen LogP contribution in [0.1, 0.15) is 114 Å². The lowest BCUT2D eigenvalue weighted by molar-refractivity contribution is 0.465. The van der Waals surface area contributed by atoms with Crippen LogP contribution in [-0.4, -0.2) is 5.11 Å². The van der Waals surface area contributed by atoms with E-state index in [-0.39, 0.29) is 0 Å². The lowest BCUT2D eigenvalue weighted by Crippen LogP contribution is -2.03.